The number of carbonyl (C=O) groups is 5. The van der Waals surface area contributed by atoms with Gasteiger partial charge in [-0.05, 0) is 36.5 Å². The third-order valence-corrected chi connectivity index (χ3v) is 5.58. The molecule has 0 saturated heterocycles. The maximum absolute atomic E-state index is 13.0. The average Bonchev–Trinajstić information content (AvgIpc) is 2.84. The second kappa shape index (κ2) is 15.8. The number of aromatic hydroxyl groups is 1. The second-order valence-electron chi connectivity index (χ2n) is 9.29. The van der Waals surface area contributed by atoms with E-state index in [4.69, 9.17) is 22.9 Å². The molecule has 216 valence electrons. The van der Waals surface area contributed by atoms with E-state index in [-0.39, 0.29) is 31.1 Å². The number of amides is 4. The van der Waals surface area contributed by atoms with Gasteiger partial charge in [0.2, 0.25) is 23.6 Å². The molecule has 0 heterocycles. The molecule has 0 radical (unpaired) electrons. The number of phenolic OH excluding ortho intramolecular Hbond substituents is 1. The van der Waals surface area contributed by atoms with Crippen molar-refractivity contribution in [3.63, 3.8) is 0 Å². The van der Waals surface area contributed by atoms with Gasteiger partial charge in [-0.15, -0.1) is 0 Å². The lowest BCUT2D eigenvalue weighted by molar-refractivity contribution is -0.142. The molecule has 0 aliphatic rings. The maximum atomic E-state index is 13.0. The molecule has 15 heteroatoms. The molecule has 4 atom stereocenters. The Balaban J connectivity index is 2.92. The van der Waals surface area contributed by atoms with Gasteiger partial charge in [-0.2, -0.15) is 0 Å². The zero-order valence-electron chi connectivity index (χ0n) is 21.9. The van der Waals surface area contributed by atoms with Gasteiger partial charge in [0.1, 0.15) is 23.9 Å². The molecule has 15 nitrogen and oxygen atoms in total. The number of guanidine groups is 1. The summed E-state index contributed by atoms with van der Waals surface area (Å²) in [5.74, 6) is -5.20. The number of hydrogen-bond acceptors (Lipinski definition) is 8. The first-order chi connectivity index (χ1) is 18.2. The highest BCUT2D eigenvalue weighted by atomic mass is 16.4. The molecule has 0 bridgehead atoms. The minimum atomic E-state index is -1.43. The molecule has 1 aromatic carbocycles. The first-order valence-corrected chi connectivity index (χ1v) is 12.2. The van der Waals surface area contributed by atoms with Gasteiger partial charge < -0.3 is 49.1 Å². The fourth-order valence-electron chi connectivity index (χ4n) is 3.46. The number of carboxylic acids is 1. The van der Waals surface area contributed by atoms with Crippen molar-refractivity contribution in [3.05, 3.63) is 29.8 Å². The molecular weight excluding hydrogens is 512 g/mol. The van der Waals surface area contributed by atoms with E-state index in [0.717, 1.165) is 0 Å². The van der Waals surface area contributed by atoms with E-state index in [9.17, 15) is 34.2 Å². The molecule has 1 rings (SSSR count). The summed E-state index contributed by atoms with van der Waals surface area (Å²) in [5.41, 5.74) is 22.1. The van der Waals surface area contributed by atoms with E-state index >= 15 is 0 Å². The van der Waals surface area contributed by atoms with Crippen molar-refractivity contribution in [3.8, 4) is 5.75 Å². The standard InChI is InChI=1S/C24H38N8O7/c1-12(2)19(22(37)31-17(23(38)39)10-13-5-7-14(33)8-6-13)32-21(36)16(11-18(26)34)30-20(35)15(25)4-3-9-29-24(27)28/h5-8,12,15-17,19,33H,3-4,9-11,25H2,1-2H3,(H2,26,34)(H,30,35)(H,31,37)(H,32,36)(H,38,39)(H4,27,28,29). The third kappa shape index (κ3) is 12.1. The molecule has 13 N–H and O–H groups in total. The molecule has 39 heavy (non-hydrogen) atoms. The Morgan fingerprint density at radius 2 is 1.49 bits per heavy atom. The van der Waals surface area contributed by atoms with Gasteiger partial charge in [0.25, 0.3) is 0 Å². The Bertz CT molecular complexity index is 1040. The Hall–Kier alpha value is -4.40. The van der Waals surface area contributed by atoms with Crippen LogP contribution in [0.15, 0.2) is 29.3 Å². The normalized spacial score (nSPS) is 13.8. The molecule has 0 aromatic heterocycles. The van der Waals surface area contributed by atoms with Crippen molar-refractivity contribution in [2.75, 3.05) is 6.54 Å². The van der Waals surface area contributed by atoms with Crippen LogP contribution in [-0.2, 0) is 30.4 Å². The summed E-state index contributed by atoms with van der Waals surface area (Å²) in [6.07, 6.45) is -0.0866. The summed E-state index contributed by atoms with van der Waals surface area (Å²) < 4.78 is 0. The number of carbonyl (C=O) groups excluding carboxylic acids is 4. The molecule has 0 spiro atoms. The van der Waals surface area contributed by atoms with Crippen LogP contribution in [0, 0.1) is 5.92 Å². The summed E-state index contributed by atoms with van der Waals surface area (Å²) >= 11 is 0. The Morgan fingerprint density at radius 3 is 2.00 bits per heavy atom. The van der Waals surface area contributed by atoms with Crippen LogP contribution in [0.2, 0.25) is 0 Å². The topological polar surface area (TPSA) is 278 Å². The van der Waals surface area contributed by atoms with Crippen LogP contribution >= 0.6 is 0 Å². The lowest BCUT2D eigenvalue weighted by Crippen LogP contribution is -2.59. The van der Waals surface area contributed by atoms with Gasteiger partial charge in [-0.25, -0.2) is 4.79 Å². The summed E-state index contributed by atoms with van der Waals surface area (Å²) in [6.45, 7) is 3.48. The Labute approximate surface area is 225 Å². The minimum absolute atomic E-state index is 0.00162. The molecule has 0 aliphatic carbocycles. The van der Waals surface area contributed by atoms with Crippen LogP contribution in [0.3, 0.4) is 0 Å². The number of nitrogens with two attached hydrogens (primary N) is 4. The van der Waals surface area contributed by atoms with Crippen molar-refractivity contribution in [1.82, 2.24) is 16.0 Å². The number of nitrogens with one attached hydrogen (secondary N) is 3. The van der Waals surface area contributed by atoms with Crippen LogP contribution in [0.5, 0.6) is 5.75 Å². The third-order valence-electron chi connectivity index (χ3n) is 5.58. The second-order valence-corrected chi connectivity index (χ2v) is 9.29. The monoisotopic (exact) mass is 550 g/mol. The molecule has 1 aromatic rings. The minimum Gasteiger partial charge on any atom is -0.508 e. The number of nitrogens with zero attached hydrogens (tertiary/aromatic N) is 1. The van der Waals surface area contributed by atoms with Gasteiger partial charge in [0.15, 0.2) is 5.96 Å². The number of aliphatic carboxylic acids is 1. The smallest absolute Gasteiger partial charge is 0.326 e. The SMILES string of the molecule is CC(C)C(NC(=O)C(CC(N)=O)NC(=O)C(N)CCCN=C(N)N)C(=O)NC(Cc1ccc(O)cc1)C(=O)O. The van der Waals surface area contributed by atoms with Gasteiger partial charge in [0.05, 0.1) is 12.5 Å². The fourth-order valence-corrected chi connectivity index (χ4v) is 3.46. The Kier molecular flexibility index (Phi) is 13.2. The molecule has 0 saturated carbocycles. The van der Waals surface area contributed by atoms with E-state index in [1.165, 1.54) is 24.3 Å². The number of carboxylic acid groups (broad SMARTS) is 1. The summed E-state index contributed by atoms with van der Waals surface area (Å²) in [4.78, 5) is 65.6. The van der Waals surface area contributed by atoms with Crippen LogP contribution < -0.4 is 38.9 Å². The molecule has 4 unspecified atom stereocenters. The van der Waals surface area contributed by atoms with E-state index in [2.05, 4.69) is 20.9 Å². The zero-order valence-corrected chi connectivity index (χ0v) is 21.9. The fraction of sp³-hybridized carbons (Fsp3) is 0.500. The lowest BCUT2D eigenvalue weighted by atomic mass is 10.0. The van der Waals surface area contributed by atoms with Gasteiger partial charge in [-0.3, -0.25) is 24.2 Å². The van der Waals surface area contributed by atoms with E-state index < -0.39 is 66.1 Å². The van der Waals surface area contributed by atoms with Crippen LogP contribution in [0.25, 0.3) is 0 Å². The van der Waals surface area contributed by atoms with Crippen LogP contribution in [-0.4, -0.2) is 76.5 Å². The van der Waals surface area contributed by atoms with Crippen molar-refractivity contribution >= 4 is 35.6 Å². The first-order valence-electron chi connectivity index (χ1n) is 12.2. The number of phenols is 1. The van der Waals surface area contributed by atoms with E-state index in [1.54, 1.807) is 13.8 Å². The van der Waals surface area contributed by atoms with Crippen molar-refractivity contribution in [2.45, 2.75) is 63.7 Å². The molecule has 0 aliphatic heterocycles. The number of benzene rings is 1. The number of rotatable bonds is 16. The van der Waals surface area contributed by atoms with Crippen molar-refractivity contribution in [2.24, 2.45) is 33.8 Å². The quantitative estimate of drug-likeness (QED) is 0.0587. The number of hydrogen-bond donors (Lipinski definition) is 9. The maximum Gasteiger partial charge on any atom is 0.326 e. The van der Waals surface area contributed by atoms with E-state index in [0.29, 0.717) is 12.0 Å². The highest BCUT2D eigenvalue weighted by molar-refractivity contribution is 5.96. The summed E-state index contributed by atoms with van der Waals surface area (Å²) in [7, 11) is 0. The highest BCUT2D eigenvalue weighted by Crippen LogP contribution is 2.12. The van der Waals surface area contributed by atoms with Crippen molar-refractivity contribution < 1.29 is 34.2 Å². The zero-order chi connectivity index (χ0) is 29.7. The molecular formula is C24H38N8O7. The molecule has 4 amide bonds. The summed E-state index contributed by atoms with van der Waals surface area (Å²) in [5, 5.41) is 26.2. The predicted molar refractivity (Wildman–Crippen MR) is 142 cm³/mol. The largest absolute Gasteiger partial charge is 0.508 e. The van der Waals surface area contributed by atoms with Gasteiger partial charge in [-0.1, -0.05) is 26.0 Å². The van der Waals surface area contributed by atoms with Crippen LogP contribution in [0.1, 0.15) is 38.7 Å². The van der Waals surface area contributed by atoms with Gasteiger partial charge in [0, 0.05) is 13.0 Å². The highest BCUT2D eigenvalue weighted by Gasteiger charge is 2.32. The molecule has 0 fully saturated rings. The number of aliphatic imine (C=N–C) groups is 1. The van der Waals surface area contributed by atoms with E-state index in [1.807, 2.05) is 0 Å². The first kappa shape index (κ1) is 32.6. The number of primary amides is 1. The summed E-state index contributed by atoms with van der Waals surface area (Å²) in [6, 6.07) is 0.789. The predicted octanol–water partition coefficient (Wildman–Crippen LogP) is -2.61. The average molecular weight is 551 g/mol. The van der Waals surface area contributed by atoms with Crippen LogP contribution in [0.4, 0.5) is 0 Å². The lowest BCUT2D eigenvalue weighted by Gasteiger charge is -2.27. The Morgan fingerprint density at radius 1 is 0.897 bits per heavy atom. The van der Waals surface area contributed by atoms with Gasteiger partial charge >= 0.3 is 5.97 Å². The van der Waals surface area contributed by atoms with Crippen molar-refractivity contribution in [1.29, 1.82) is 0 Å².